The minimum absolute atomic E-state index is 0.0770. The van der Waals surface area contributed by atoms with Crippen molar-refractivity contribution in [3.05, 3.63) is 0 Å². The van der Waals surface area contributed by atoms with E-state index in [0.29, 0.717) is 6.42 Å². The van der Waals surface area contributed by atoms with E-state index in [2.05, 4.69) is 4.74 Å². The second kappa shape index (κ2) is 4.04. The van der Waals surface area contributed by atoms with Gasteiger partial charge in [0.2, 0.25) is 0 Å². The summed E-state index contributed by atoms with van der Waals surface area (Å²) in [5, 5.41) is 0. The van der Waals surface area contributed by atoms with E-state index in [1.807, 2.05) is 0 Å². The number of ether oxygens (including phenoxy) is 1. The minimum atomic E-state index is -0.602. The van der Waals surface area contributed by atoms with Crippen molar-refractivity contribution in [2.75, 3.05) is 7.11 Å². The zero-order chi connectivity index (χ0) is 8.15. The van der Waals surface area contributed by atoms with Crippen LogP contribution in [-0.4, -0.2) is 18.9 Å². The molecule has 0 heterocycles. The van der Waals surface area contributed by atoms with Crippen LogP contribution in [0.4, 0.5) is 0 Å². The molecule has 0 spiro atoms. The molecule has 0 fully saturated rings. The molecule has 0 saturated heterocycles. The molecular weight excluding hydrogens is 132 g/mol. The van der Waals surface area contributed by atoms with Gasteiger partial charge >= 0.3 is 5.97 Å². The Balaban J connectivity index is 3.94. The van der Waals surface area contributed by atoms with Crippen molar-refractivity contribution in [1.29, 1.82) is 0 Å². The van der Waals surface area contributed by atoms with Gasteiger partial charge in [0.05, 0.1) is 7.11 Å². The Morgan fingerprint density at radius 1 is 1.50 bits per heavy atom. The fourth-order valence-corrected chi connectivity index (χ4v) is 0.614. The van der Waals surface area contributed by atoms with Gasteiger partial charge in [-0.25, -0.2) is 0 Å². The van der Waals surface area contributed by atoms with Gasteiger partial charge < -0.3 is 4.74 Å². The van der Waals surface area contributed by atoms with E-state index in [1.54, 1.807) is 13.8 Å². The topological polar surface area (TPSA) is 43.4 Å². The van der Waals surface area contributed by atoms with E-state index >= 15 is 0 Å². The third kappa shape index (κ3) is 2.17. The van der Waals surface area contributed by atoms with Crippen molar-refractivity contribution in [3.8, 4) is 0 Å². The van der Waals surface area contributed by atoms with Gasteiger partial charge in [-0.05, 0) is 6.92 Å². The summed E-state index contributed by atoms with van der Waals surface area (Å²) >= 11 is 0. The van der Waals surface area contributed by atoms with Crippen LogP contribution in [-0.2, 0) is 14.3 Å². The smallest absolute Gasteiger partial charge is 0.315 e. The maximum Gasteiger partial charge on any atom is 0.315 e. The summed E-state index contributed by atoms with van der Waals surface area (Å²) in [4.78, 5) is 21.5. The van der Waals surface area contributed by atoms with E-state index in [-0.39, 0.29) is 5.78 Å². The minimum Gasteiger partial charge on any atom is -0.468 e. The molecule has 1 atom stereocenters. The van der Waals surface area contributed by atoms with Gasteiger partial charge in [-0.1, -0.05) is 6.92 Å². The monoisotopic (exact) mass is 144 g/mol. The molecule has 0 N–H and O–H groups in total. The van der Waals surface area contributed by atoms with Crippen LogP contribution >= 0.6 is 0 Å². The number of carbonyl (C=O) groups is 2. The lowest BCUT2D eigenvalue weighted by Crippen LogP contribution is -2.21. The Morgan fingerprint density at radius 2 is 2.00 bits per heavy atom. The van der Waals surface area contributed by atoms with E-state index in [0.717, 1.165) is 0 Å². The summed E-state index contributed by atoms with van der Waals surface area (Å²) in [7, 11) is 1.28. The molecule has 58 valence electrons. The van der Waals surface area contributed by atoms with Crippen molar-refractivity contribution in [1.82, 2.24) is 0 Å². The quantitative estimate of drug-likeness (QED) is 0.434. The van der Waals surface area contributed by atoms with E-state index in [9.17, 15) is 9.59 Å². The summed E-state index contributed by atoms with van der Waals surface area (Å²) in [6.07, 6.45) is 0.385. The largest absolute Gasteiger partial charge is 0.468 e. The Bertz CT molecular complexity index is 124. The number of ketones is 1. The summed E-state index contributed by atoms with van der Waals surface area (Å²) in [6, 6.07) is 0. The zero-order valence-corrected chi connectivity index (χ0v) is 6.51. The molecular formula is C7H12O3. The van der Waals surface area contributed by atoms with Crippen LogP contribution in [0.1, 0.15) is 20.3 Å². The summed E-state index contributed by atoms with van der Waals surface area (Å²) in [6.45, 7) is 3.28. The van der Waals surface area contributed by atoms with E-state index in [1.165, 1.54) is 7.11 Å². The van der Waals surface area contributed by atoms with Gasteiger partial charge in [0.1, 0.15) is 11.7 Å². The maximum absolute atomic E-state index is 10.8. The van der Waals surface area contributed by atoms with E-state index in [4.69, 9.17) is 0 Å². The van der Waals surface area contributed by atoms with Crippen LogP contribution in [0.25, 0.3) is 0 Å². The predicted octanol–water partition coefficient (Wildman–Crippen LogP) is 0.775. The Kier molecular flexibility index (Phi) is 3.69. The van der Waals surface area contributed by atoms with Crippen molar-refractivity contribution in [2.24, 2.45) is 5.92 Å². The molecule has 0 aromatic heterocycles. The van der Waals surface area contributed by atoms with E-state index < -0.39 is 11.9 Å². The molecule has 0 radical (unpaired) electrons. The first-order valence-electron chi connectivity index (χ1n) is 3.24. The lowest BCUT2D eigenvalue weighted by atomic mass is 10.1. The van der Waals surface area contributed by atoms with Crippen LogP contribution in [0.3, 0.4) is 0 Å². The normalized spacial score (nSPS) is 12.3. The molecule has 3 nitrogen and oxygen atoms in total. The number of hydrogen-bond donors (Lipinski definition) is 0. The summed E-state index contributed by atoms with van der Waals surface area (Å²) in [5.74, 6) is -1.13. The van der Waals surface area contributed by atoms with Crippen LogP contribution < -0.4 is 0 Å². The van der Waals surface area contributed by atoms with Gasteiger partial charge in [0, 0.05) is 6.42 Å². The third-order valence-electron chi connectivity index (χ3n) is 1.39. The number of rotatable bonds is 3. The maximum atomic E-state index is 10.8. The van der Waals surface area contributed by atoms with Crippen LogP contribution in [0.2, 0.25) is 0 Å². The van der Waals surface area contributed by atoms with Gasteiger partial charge in [-0.15, -0.1) is 0 Å². The molecule has 3 heteroatoms. The van der Waals surface area contributed by atoms with Crippen LogP contribution in [0, 0.1) is 5.92 Å². The van der Waals surface area contributed by atoms with Crippen molar-refractivity contribution in [2.45, 2.75) is 20.3 Å². The Morgan fingerprint density at radius 3 is 2.30 bits per heavy atom. The molecule has 0 aromatic rings. The number of Topliss-reactive ketones (excluding diaryl/α,β-unsaturated/α-hetero) is 1. The number of esters is 1. The SMILES string of the molecule is CCC(=O)[C@H](C)C(=O)OC. The Hall–Kier alpha value is -0.860. The highest BCUT2D eigenvalue weighted by molar-refractivity contribution is 5.98. The van der Waals surface area contributed by atoms with Gasteiger partial charge in [0.25, 0.3) is 0 Å². The molecule has 0 aliphatic heterocycles. The van der Waals surface area contributed by atoms with Crippen LogP contribution in [0.5, 0.6) is 0 Å². The molecule has 0 unspecified atom stereocenters. The molecule has 0 bridgehead atoms. The van der Waals surface area contributed by atoms with Crippen molar-refractivity contribution >= 4 is 11.8 Å². The average molecular weight is 144 g/mol. The third-order valence-corrected chi connectivity index (χ3v) is 1.39. The number of hydrogen-bond acceptors (Lipinski definition) is 3. The molecule has 0 aliphatic carbocycles. The summed E-state index contributed by atoms with van der Waals surface area (Å²) in [5.41, 5.74) is 0. The predicted molar refractivity (Wildman–Crippen MR) is 36.5 cm³/mol. The van der Waals surface area contributed by atoms with Crippen LogP contribution in [0.15, 0.2) is 0 Å². The fourth-order valence-electron chi connectivity index (χ4n) is 0.614. The lowest BCUT2D eigenvalue weighted by Gasteiger charge is -2.04. The second-order valence-electron chi connectivity index (χ2n) is 2.06. The highest BCUT2D eigenvalue weighted by Crippen LogP contribution is 2.01. The van der Waals surface area contributed by atoms with Gasteiger partial charge in [0.15, 0.2) is 0 Å². The molecule has 0 aromatic carbocycles. The molecule has 10 heavy (non-hydrogen) atoms. The highest BCUT2D eigenvalue weighted by Gasteiger charge is 2.19. The first-order chi connectivity index (χ1) is 4.63. The first kappa shape index (κ1) is 9.14. The van der Waals surface area contributed by atoms with Gasteiger partial charge in [-0.3, -0.25) is 9.59 Å². The highest BCUT2D eigenvalue weighted by atomic mass is 16.5. The average Bonchev–Trinajstić information content (AvgIpc) is 2.00. The number of methoxy groups -OCH3 is 1. The Labute approximate surface area is 60.4 Å². The fraction of sp³-hybridized carbons (Fsp3) is 0.714. The molecule has 0 amide bonds. The first-order valence-corrected chi connectivity index (χ1v) is 3.24. The molecule has 0 rings (SSSR count). The summed E-state index contributed by atoms with van der Waals surface area (Å²) < 4.78 is 4.38. The standard InChI is InChI=1S/C7H12O3/c1-4-6(8)5(2)7(9)10-3/h5H,4H2,1-3H3/t5-/m0/s1. The second-order valence-corrected chi connectivity index (χ2v) is 2.06. The molecule has 0 aliphatic rings. The number of carbonyl (C=O) groups excluding carboxylic acids is 2. The van der Waals surface area contributed by atoms with Crippen molar-refractivity contribution < 1.29 is 14.3 Å². The molecule has 0 saturated carbocycles. The van der Waals surface area contributed by atoms with Crippen molar-refractivity contribution in [3.63, 3.8) is 0 Å². The zero-order valence-electron chi connectivity index (χ0n) is 6.51. The lowest BCUT2D eigenvalue weighted by molar-refractivity contribution is -0.148. The van der Waals surface area contributed by atoms with Gasteiger partial charge in [-0.2, -0.15) is 0 Å².